The third kappa shape index (κ3) is 4.66. The average molecular weight is 465 g/mol. The van der Waals surface area contributed by atoms with E-state index in [2.05, 4.69) is 31.2 Å². The van der Waals surface area contributed by atoms with Crippen molar-refractivity contribution >= 4 is 61.2 Å². The molecule has 0 aliphatic heterocycles. The number of thiophene rings is 1. The number of nitrogens with one attached hydrogen (secondary N) is 1. The summed E-state index contributed by atoms with van der Waals surface area (Å²) in [5.41, 5.74) is 7.00. The number of nitrogens with two attached hydrogens (primary N) is 1. The van der Waals surface area contributed by atoms with Gasteiger partial charge >= 0.3 is 6.03 Å². The SMILES string of the molecule is CC(C)[C@H](Sc1ncnc2cc(-c3ccc(Br)cc3)sc12)C(=O)NC(N)=O. The molecule has 0 bridgehead atoms. The molecule has 27 heavy (non-hydrogen) atoms. The van der Waals surface area contributed by atoms with E-state index < -0.39 is 17.2 Å². The van der Waals surface area contributed by atoms with Gasteiger partial charge in [0.05, 0.1) is 15.5 Å². The molecule has 1 aromatic carbocycles. The fourth-order valence-corrected chi connectivity index (χ4v) is 5.01. The topological polar surface area (TPSA) is 98.0 Å². The van der Waals surface area contributed by atoms with Gasteiger partial charge in [-0.15, -0.1) is 11.3 Å². The van der Waals surface area contributed by atoms with Crippen LogP contribution in [-0.2, 0) is 4.79 Å². The molecule has 0 aliphatic carbocycles. The number of fused-ring (bicyclic) bond motifs is 1. The van der Waals surface area contributed by atoms with Gasteiger partial charge in [0.2, 0.25) is 5.91 Å². The zero-order valence-electron chi connectivity index (χ0n) is 14.6. The molecule has 0 unspecified atom stereocenters. The maximum atomic E-state index is 12.3. The fraction of sp³-hybridized carbons (Fsp3) is 0.222. The first-order valence-corrected chi connectivity index (χ1v) is 10.6. The highest BCUT2D eigenvalue weighted by Gasteiger charge is 2.26. The summed E-state index contributed by atoms with van der Waals surface area (Å²) >= 11 is 6.34. The number of urea groups is 1. The van der Waals surface area contributed by atoms with Crippen molar-refractivity contribution in [1.82, 2.24) is 15.3 Å². The highest BCUT2D eigenvalue weighted by atomic mass is 79.9. The van der Waals surface area contributed by atoms with E-state index in [4.69, 9.17) is 5.73 Å². The van der Waals surface area contributed by atoms with Crippen molar-refractivity contribution in [3.63, 3.8) is 0 Å². The standard InChI is InChI=1S/C18H17BrN4O2S2/c1-9(2)14(16(24)23-18(20)25)27-17-15-12(21-8-22-17)7-13(26-15)10-3-5-11(19)6-4-10/h3-9,14H,1-2H3,(H3,20,23,24,25)/t14-/m0/s1. The van der Waals surface area contributed by atoms with E-state index in [1.54, 1.807) is 11.3 Å². The van der Waals surface area contributed by atoms with Crippen LogP contribution in [-0.4, -0.2) is 27.2 Å². The molecule has 3 rings (SSSR count). The predicted molar refractivity (Wildman–Crippen MR) is 113 cm³/mol. The van der Waals surface area contributed by atoms with Crippen LogP contribution in [0.15, 0.2) is 46.2 Å². The van der Waals surface area contributed by atoms with E-state index in [0.29, 0.717) is 5.03 Å². The van der Waals surface area contributed by atoms with Crippen LogP contribution in [0.5, 0.6) is 0 Å². The van der Waals surface area contributed by atoms with Crippen LogP contribution in [0, 0.1) is 5.92 Å². The first-order chi connectivity index (χ1) is 12.8. The molecule has 3 aromatic rings. The molecule has 3 amide bonds. The number of imide groups is 1. The van der Waals surface area contributed by atoms with Crippen LogP contribution in [0.1, 0.15) is 13.8 Å². The Kier molecular flexibility index (Phi) is 6.13. The fourth-order valence-electron chi connectivity index (χ4n) is 2.48. The van der Waals surface area contributed by atoms with Crippen LogP contribution in [0.4, 0.5) is 4.79 Å². The molecule has 1 atom stereocenters. The number of aromatic nitrogens is 2. The molecule has 3 N–H and O–H groups in total. The lowest BCUT2D eigenvalue weighted by Gasteiger charge is -2.18. The summed E-state index contributed by atoms with van der Waals surface area (Å²) in [7, 11) is 0. The Morgan fingerprint density at radius 1 is 1.22 bits per heavy atom. The lowest BCUT2D eigenvalue weighted by atomic mass is 10.1. The molecular formula is C18H17BrN4O2S2. The maximum absolute atomic E-state index is 12.3. The number of rotatable bonds is 5. The number of carbonyl (C=O) groups is 2. The number of hydrogen-bond donors (Lipinski definition) is 2. The Bertz CT molecular complexity index is 989. The van der Waals surface area contributed by atoms with Crippen LogP contribution in [0.2, 0.25) is 0 Å². The largest absolute Gasteiger partial charge is 0.351 e. The second-order valence-electron chi connectivity index (χ2n) is 6.15. The molecule has 6 nitrogen and oxygen atoms in total. The van der Waals surface area contributed by atoms with Crippen LogP contribution < -0.4 is 11.1 Å². The average Bonchev–Trinajstić information content (AvgIpc) is 3.04. The van der Waals surface area contributed by atoms with Crippen molar-refractivity contribution in [2.24, 2.45) is 11.7 Å². The molecule has 0 fully saturated rings. The van der Waals surface area contributed by atoms with Gasteiger partial charge < -0.3 is 5.73 Å². The molecular weight excluding hydrogens is 448 g/mol. The predicted octanol–water partition coefficient (Wildman–Crippen LogP) is 4.43. The van der Waals surface area contributed by atoms with E-state index in [9.17, 15) is 9.59 Å². The third-order valence-electron chi connectivity index (χ3n) is 3.76. The van der Waals surface area contributed by atoms with E-state index in [0.717, 1.165) is 25.1 Å². The first-order valence-electron chi connectivity index (χ1n) is 8.12. The second kappa shape index (κ2) is 8.37. The Balaban J connectivity index is 1.95. The number of thioether (sulfide) groups is 1. The Morgan fingerprint density at radius 3 is 2.56 bits per heavy atom. The van der Waals surface area contributed by atoms with Gasteiger partial charge in [0.1, 0.15) is 11.4 Å². The maximum Gasteiger partial charge on any atom is 0.318 e. The minimum Gasteiger partial charge on any atom is -0.351 e. The van der Waals surface area contributed by atoms with Crippen LogP contribution in [0.3, 0.4) is 0 Å². The summed E-state index contributed by atoms with van der Waals surface area (Å²) in [5.74, 6) is -0.427. The number of primary amides is 1. The molecule has 2 aromatic heterocycles. The molecule has 0 spiro atoms. The quantitative estimate of drug-likeness (QED) is 0.429. The zero-order chi connectivity index (χ0) is 19.6. The highest BCUT2D eigenvalue weighted by molar-refractivity contribution is 9.10. The number of hydrogen-bond acceptors (Lipinski definition) is 6. The molecule has 140 valence electrons. The van der Waals surface area contributed by atoms with E-state index >= 15 is 0 Å². The lowest BCUT2D eigenvalue weighted by molar-refractivity contribution is -0.120. The summed E-state index contributed by atoms with van der Waals surface area (Å²) in [4.78, 5) is 33.2. The van der Waals surface area contributed by atoms with Gasteiger partial charge in [0, 0.05) is 9.35 Å². The summed E-state index contributed by atoms with van der Waals surface area (Å²) < 4.78 is 1.93. The van der Waals surface area contributed by atoms with E-state index in [-0.39, 0.29) is 5.92 Å². The molecule has 2 heterocycles. The van der Waals surface area contributed by atoms with E-state index in [1.165, 1.54) is 18.1 Å². The molecule has 9 heteroatoms. The third-order valence-corrected chi connectivity index (χ3v) is 7.14. The molecule has 0 saturated carbocycles. The van der Waals surface area contributed by atoms with Crippen molar-refractivity contribution in [2.45, 2.75) is 24.1 Å². The van der Waals surface area contributed by atoms with Crippen molar-refractivity contribution < 1.29 is 9.59 Å². The number of benzene rings is 1. The number of amides is 3. The minimum absolute atomic E-state index is 0.00901. The van der Waals surface area contributed by atoms with E-state index in [1.807, 2.05) is 44.2 Å². The van der Waals surface area contributed by atoms with Crippen molar-refractivity contribution in [3.8, 4) is 10.4 Å². The Hall–Kier alpha value is -1.97. The Labute approximate surface area is 173 Å². The van der Waals surface area contributed by atoms with Gasteiger partial charge in [0.15, 0.2) is 0 Å². The molecule has 0 aliphatic rings. The van der Waals surface area contributed by atoms with Gasteiger partial charge in [-0.3, -0.25) is 10.1 Å². The summed E-state index contributed by atoms with van der Waals surface area (Å²) in [6.07, 6.45) is 1.49. The summed E-state index contributed by atoms with van der Waals surface area (Å²) in [5, 5.41) is 2.39. The van der Waals surface area contributed by atoms with Crippen molar-refractivity contribution in [3.05, 3.63) is 41.1 Å². The monoisotopic (exact) mass is 464 g/mol. The van der Waals surface area contributed by atoms with Gasteiger partial charge in [-0.2, -0.15) is 0 Å². The van der Waals surface area contributed by atoms with Crippen LogP contribution in [0.25, 0.3) is 20.7 Å². The zero-order valence-corrected chi connectivity index (χ0v) is 17.8. The summed E-state index contributed by atoms with van der Waals surface area (Å²) in [6, 6.07) is 9.21. The van der Waals surface area contributed by atoms with Crippen molar-refractivity contribution in [2.75, 3.05) is 0 Å². The molecule has 0 saturated heterocycles. The number of nitrogens with zero attached hydrogens (tertiary/aromatic N) is 2. The van der Waals surface area contributed by atoms with Gasteiger partial charge in [-0.1, -0.05) is 53.7 Å². The van der Waals surface area contributed by atoms with Crippen molar-refractivity contribution in [1.29, 1.82) is 0 Å². The minimum atomic E-state index is -0.854. The normalized spacial score (nSPS) is 12.3. The van der Waals surface area contributed by atoms with Gasteiger partial charge in [0.25, 0.3) is 0 Å². The van der Waals surface area contributed by atoms with Gasteiger partial charge in [-0.25, -0.2) is 14.8 Å². The second-order valence-corrected chi connectivity index (χ2v) is 9.24. The molecule has 0 radical (unpaired) electrons. The lowest BCUT2D eigenvalue weighted by Crippen LogP contribution is -2.42. The number of carbonyl (C=O) groups excluding carboxylic acids is 2. The first kappa shape index (κ1) is 19.8. The smallest absolute Gasteiger partial charge is 0.318 e. The highest BCUT2D eigenvalue weighted by Crippen LogP contribution is 2.39. The summed E-state index contributed by atoms with van der Waals surface area (Å²) in [6.45, 7) is 3.83. The number of halogens is 1. The van der Waals surface area contributed by atoms with Gasteiger partial charge in [-0.05, 0) is 29.7 Å². The van der Waals surface area contributed by atoms with Crippen LogP contribution >= 0.6 is 39.0 Å². The Morgan fingerprint density at radius 2 is 1.93 bits per heavy atom.